The van der Waals surface area contributed by atoms with Gasteiger partial charge in [-0.15, -0.1) is 11.3 Å². The third-order valence-corrected chi connectivity index (χ3v) is 6.59. The molecule has 0 fully saturated rings. The van der Waals surface area contributed by atoms with E-state index < -0.39 is 12.1 Å². The molecule has 0 saturated heterocycles. The highest BCUT2D eigenvalue weighted by atomic mass is 32.1. The first kappa shape index (κ1) is 20.4. The molecule has 0 spiro atoms. The smallest absolute Gasteiger partial charge is 0.349 e. The lowest BCUT2D eigenvalue weighted by molar-refractivity contribution is -0.123. The Morgan fingerprint density at radius 1 is 0.967 bits per heavy atom. The number of anilines is 1. The zero-order valence-electron chi connectivity index (χ0n) is 17.0. The van der Waals surface area contributed by atoms with Crippen LogP contribution in [0.3, 0.4) is 0 Å². The van der Waals surface area contributed by atoms with Crippen molar-refractivity contribution in [2.45, 2.75) is 45.1 Å². The number of rotatable bonds is 5. The molecule has 1 N–H and O–H groups in total. The Kier molecular flexibility index (Phi) is 6.29. The van der Waals surface area contributed by atoms with Crippen molar-refractivity contribution in [2.75, 3.05) is 5.32 Å². The second kappa shape index (κ2) is 9.26. The highest BCUT2D eigenvalue weighted by Crippen LogP contribution is 2.30. The number of hydrogen-bond acceptors (Lipinski definition) is 4. The van der Waals surface area contributed by atoms with Crippen molar-refractivity contribution in [3.05, 3.63) is 76.0 Å². The van der Waals surface area contributed by atoms with Gasteiger partial charge in [-0.1, -0.05) is 55.0 Å². The number of thiophene rings is 1. The van der Waals surface area contributed by atoms with Crippen molar-refractivity contribution in [1.29, 1.82) is 0 Å². The maximum atomic E-state index is 12.7. The number of fused-ring (bicyclic) bond motifs is 1. The quantitative estimate of drug-likeness (QED) is 0.416. The fourth-order valence-electron chi connectivity index (χ4n) is 3.74. The van der Waals surface area contributed by atoms with Crippen LogP contribution in [0, 0.1) is 0 Å². The topological polar surface area (TPSA) is 55.4 Å². The molecule has 1 aliphatic carbocycles. The van der Waals surface area contributed by atoms with Crippen LogP contribution in [0.4, 0.5) is 5.69 Å². The van der Waals surface area contributed by atoms with Crippen LogP contribution in [0.2, 0.25) is 0 Å². The van der Waals surface area contributed by atoms with Gasteiger partial charge in [0.15, 0.2) is 6.10 Å². The molecular formula is C25H25NO3S. The summed E-state index contributed by atoms with van der Waals surface area (Å²) in [6.07, 6.45) is 4.73. The van der Waals surface area contributed by atoms with Gasteiger partial charge in [0.25, 0.3) is 5.91 Å². The van der Waals surface area contributed by atoms with E-state index in [1.807, 2.05) is 60.7 Å². The first-order valence-electron chi connectivity index (χ1n) is 10.4. The Morgan fingerprint density at radius 3 is 2.53 bits per heavy atom. The molecule has 5 heteroatoms. The van der Waals surface area contributed by atoms with E-state index in [0.717, 1.165) is 30.4 Å². The van der Waals surface area contributed by atoms with Crippen LogP contribution in [0.15, 0.2) is 60.7 Å². The van der Waals surface area contributed by atoms with Crippen molar-refractivity contribution in [1.82, 2.24) is 0 Å². The molecule has 2 aromatic carbocycles. The molecule has 0 bridgehead atoms. The maximum absolute atomic E-state index is 12.7. The lowest BCUT2D eigenvalue weighted by Gasteiger charge is -2.15. The Hall–Kier alpha value is -2.92. The SMILES string of the molecule is C[C@H](OC(=O)c1cc2c(s1)CCCCC2)C(=O)Nc1ccccc1-c1ccccc1. The number of para-hydroxylation sites is 1. The molecule has 0 unspecified atom stereocenters. The molecule has 154 valence electrons. The summed E-state index contributed by atoms with van der Waals surface area (Å²) in [6, 6.07) is 19.4. The van der Waals surface area contributed by atoms with Gasteiger partial charge in [0.2, 0.25) is 0 Å². The van der Waals surface area contributed by atoms with E-state index in [0.29, 0.717) is 10.6 Å². The molecule has 3 aromatic rings. The highest BCUT2D eigenvalue weighted by Gasteiger charge is 2.23. The number of carbonyl (C=O) groups excluding carboxylic acids is 2. The Morgan fingerprint density at radius 2 is 1.70 bits per heavy atom. The summed E-state index contributed by atoms with van der Waals surface area (Å²) in [7, 11) is 0. The molecule has 1 amide bonds. The Balaban J connectivity index is 1.43. The first-order chi connectivity index (χ1) is 14.6. The summed E-state index contributed by atoms with van der Waals surface area (Å²) in [5.74, 6) is -0.767. The molecule has 0 aliphatic heterocycles. The van der Waals surface area contributed by atoms with Crippen LogP contribution in [-0.2, 0) is 22.4 Å². The zero-order chi connectivity index (χ0) is 20.9. The fraction of sp³-hybridized carbons (Fsp3) is 0.280. The van der Waals surface area contributed by atoms with Crippen molar-refractivity contribution in [2.24, 2.45) is 0 Å². The third kappa shape index (κ3) is 4.62. The molecule has 1 heterocycles. The van der Waals surface area contributed by atoms with Gasteiger partial charge in [-0.25, -0.2) is 4.79 Å². The number of aryl methyl sites for hydroxylation is 2. The standard InChI is InChI=1S/C25H25NO3S/c1-17(29-25(28)23-16-19-12-6-3-7-15-22(19)30-23)24(27)26-21-14-9-8-13-20(21)18-10-4-2-5-11-18/h2,4-5,8-11,13-14,16-17H,3,6-7,12,15H2,1H3,(H,26,27)/t17-/m0/s1. The number of amides is 1. The fourth-order valence-corrected chi connectivity index (χ4v) is 4.87. The monoisotopic (exact) mass is 419 g/mol. The summed E-state index contributed by atoms with van der Waals surface area (Å²) < 4.78 is 5.48. The summed E-state index contributed by atoms with van der Waals surface area (Å²) in [4.78, 5) is 27.2. The minimum Gasteiger partial charge on any atom is -0.448 e. The largest absolute Gasteiger partial charge is 0.448 e. The minimum atomic E-state index is -0.886. The lowest BCUT2D eigenvalue weighted by Crippen LogP contribution is -2.30. The van der Waals surface area contributed by atoms with Gasteiger partial charge in [-0.2, -0.15) is 0 Å². The van der Waals surface area contributed by atoms with Crippen LogP contribution in [0.25, 0.3) is 11.1 Å². The van der Waals surface area contributed by atoms with E-state index in [1.165, 1.54) is 34.6 Å². The Labute approximate surface area is 180 Å². The van der Waals surface area contributed by atoms with Gasteiger partial charge < -0.3 is 10.1 Å². The van der Waals surface area contributed by atoms with Crippen LogP contribution in [0.1, 0.15) is 46.3 Å². The van der Waals surface area contributed by atoms with Crippen LogP contribution >= 0.6 is 11.3 Å². The number of carbonyl (C=O) groups is 2. The van der Waals surface area contributed by atoms with Gasteiger partial charge in [-0.3, -0.25) is 4.79 Å². The number of benzene rings is 2. The second-order valence-electron chi connectivity index (χ2n) is 7.57. The molecule has 1 atom stereocenters. The molecule has 4 nitrogen and oxygen atoms in total. The average Bonchev–Trinajstić information content (AvgIpc) is 3.05. The Bertz CT molecular complexity index is 1020. The first-order valence-corrected chi connectivity index (χ1v) is 11.2. The van der Waals surface area contributed by atoms with E-state index in [4.69, 9.17) is 4.74 Å². The molecule has 30 heavy (non-hydrogen) atoms. The van der Waals surface area contributed by atoms with E-state index >= 15 is 0 Å². The summed E-state index contributed by atoms with van der Waals surface area (Å²) in [5, 5.41) is 2.91. The van der Waals surface area contributed by atoms with Gasteiger partial charge >= 0.3 is 5.97 Å². The molecule has 4 rings (SSSR count). The summed E-state index contributed by atoms with van der Waals surface area (Å²) >= 11 is 1.51. The molecule has 1 aromatic heterocycles. The van der Waals surface area contributed by atoms with Crippen molar-refractivity contribution in [3.8, 4) is 11.1 Å². The number of ether oxygens (including phenoxy) is 1. The lowest BCUT2D eigenvalue weighted by atomic mass is 10.0. The number of hydrogen-bond donors (Lipinski definition) is 1. The molecule has 0 saturated carbocycles. The van der Waals surface area contributed by atoms with Crippen LogP contribution < -0.4 is 5.32 Å². The van der Waals surface area contributed by atoms with Crippen molar-refractivity contribution in [3.63, 3.8) is 0 Å². The molecular weight excluding hydrogens is 394 g/mol. The number of esters is 1. The average molecular weight is 420 g/mol. The third-order valence-electron chi connectivity index (χ3n) is 5.37. The summed E-state index contributed by atoms with van der Waals surface area (Å²) in [5.41, 5.74) is 3.89. The predicted molar refractivity (Wildman–Crippen MR) is 121 cm³/mol. The van der Waals surface area contributed by atoms with Crippen LogP contribution in [0.5, 0.6) is 0 Å². The maximum Gasteiger partial charge on any atom is 0.349 e. The van der Waals surface area contributed by atoms with E-state index in [9.17, 15) is 9.59 Å². The van der Waals surface area contributed by atoms with Gasteiger partial charge in [-0.05, 0) is 55.9 Å². The van der Waals surface area contributed by atoms with Gasteiger partial charge in [0.1, 0.15) is 4.88 Å². The van der Waals surface area contributed by atoms with Gasteiger partial charge in [0.05, 0.1) is 0 Å². The van der Waals surface area contributed by atoms with E-state index in [1.54, 1.807) is 6.92 Å². The predicted octanol–water partition coefficient (Wildman–Crippen LogP) is 5.87. The molecule has 1 aliphatic rings. The molecule has 0 radical (unpaired) electrons. The number of nitrogens with one attached hydrogen (secondary N) is 1. The van der Waals surface area contributed by atoms with Crippen LogP contribution in [-0.4, -0.2) is 18.0 Å². The van der Waals surface area contributed by atoms with Gasteiger partial charge in [0, 0.05) is 16.1 Å². The minimum absolute atomic E-state index is 0.343. The highest BCUT2D eigenvalue weighted by molar-refractivity contribution is 7.14. The zero-order valence-corrected chi connectivity index (χ0v) is 17.8. The van der Waals surface area contributed by atoms with E-state index in [-0.39, 0.29) is 5.91 Å². The van der Waals surface area contributed by atoms with Crippen molar-refractivity contribution >= 4 is 28.9 Å². The normalized spacial score (nSPS) is 14.3. The second-order valence-corrected chi connectivity index (χ2v) is 8.70. The summed E-state index contributed by atoms with van der Waals surface area (Å²) in [6.45, 7) is 1.61. The van der Waals surface area contributed by atoms with E-state index in [2.05, 4.69) is 5.32 Å². The van der Waals surface area contributed by atoms with Crippen molar-refractivity contribution < 1.29 is 14.3 Å².